The first-order valence-corrected chi connectivity index (χ1v) is 5.37. The maximum absolute atomic E-state index is 12.0. The lowest BCUT2D eigenvalue weighted by Gasteiger charge is -2.06. The third-order valence-electron chi connectivity index (χ3n) is 2.11. The molecule has 1 aromatic rings. The lowest BCUT2D eigenvalue weighted by atomic mass is 10.0. The van der Waals surface area contributed by atoms with Crippen molar-refractivity contribution in [2.24, 2.45) is 16.5 Å². The first kappa shape index (κ1) is 12.0. The minimum absolute atomic E-state index is 0.0605. The summed E-state index contributed by atoms with van der Waals surface area (Å²) in [5.41, 5.74) is 13.7. The quantitative estimate of drug-likeness (QED) is 0.615. The molecule has 0 saturated heterocycles. The minimum atomic E-state index is -0.0952. The molecular weight excluding hydrogens is 213 g/mol. The molecule has 0 atom stereocenters. The van der Waals surface area contributed by atoms with E-state index in [1.54, 1.807) is 6.07 Å². The lowest BCUT2D eigenvalue weighted by molar-refractivity contribution is 0.949. The van der Waals surface area contributed by atoms with Crippen LogP contribution in [0.3, 0.4) is 0 Å². The van der Waals surface area contributed by atoms with Crippen LogP contribution in [0, 0.1) is 0 Å². The third-order valence-corrected chi connectivity index (χ3v) is 2.36. The van der Waals surface area contributed by atoms with Gasteiger partial charge in [-0.05, 0) is 29.7 Å². The van der Waals surface area contributed by atoms with Crippen molar-refractivity contribution >= 4 is 23.0 Å². The number of benzene rings is 1. The van der Waals surface area contributed by atoms with Gasteiger partial charge in [0.25, 0.3) is 0 Å². The molecule has 3 nitrogen and oxygen atoms in total. The van der Waals surface area contributed by atoms with Gasteiger partial charge in [0, 0.05) is 6.54 Å². The van der Waals surface area contributed by atoms with E-state index in [-0.39, 0.29) is 17.3 Å². The molecule has 0 aromatic heterocycles. The molecule has 4 N–H and O–H groups in total. The summed E-state index contributed by atoms with van der Waals surface area (Å²) in [5.74, 6) is 0. The number of aliphatic imine (C=N–C) groups is 1. The van der Waals surface area contributed by atoms with Gasteiger partial charge in [0.2, 0.25) is 0 Å². The molecule has 0 aliphatic carbocycles. The molecule has 5 heteroatoms. The van der Waals surface area contributed by atoms with Crippen LogP contribution in [-0.2, 0) is 13.0 Å². The second-order valence-electron chi connectivity index (χ2n) is 3.04. The Morgan fingerprint density at radius 2 is 2.20 bits per heavy atom. The molecule has 0 amide bonds. The van der Waals surface area contributed by atoms with E-state index in [1.807, 2.05) is 12.1 Å². The summed E-state index contributed by atoms with van der Waals surface area (Å²) in [6, 6.07) is 5.58. The highest BCUT2D eigenvalue weighted by Gasteiger charge is 2.01. The van der Waals surface area contributed by atoms with Crippen molar-refractivity contribution < 1.29 is 3.89 Å². The fraction of sp³-hybridized carbons (Fsp3) is 0.300. The van der Waals surface area contributed by atoms with Gasteiger partial charge < -0.3 is 11.5 Å². The van der Waals surface area contributed by atoms with Crippen molar-refractivity contribution in [2.45, 2.75) is 19.9 Å². The van der Waals surface area contributed by atoms with Crippen LogP contribution >= 0.6 is 12.1 Å². The molecule has 0 heterocycles. The topological polar surface area (TPSA) is 64.4 Å². The first-order valence-electron chi connectivity index (χ1n) is 4.65. The summed E-state index contributed by atoms with van der Waals surface area (Å²) in [6.07, 6.45) is 0.921. The largest absolute Gasteiger partial charge is 0.376 e. The molecule has 0 fully saturated rings. The molecule has 82 valence electrons. The van der Waals surface area contributed by atoms with Crippen molar-refractivity contribution in [1.29, 1.82) is 0 Å². The summed E-state index contributed by atoms with van der Waals surface area (Å²) in [4.78, 5) is 3.89. The zero-order valence-corrected chi connectivity index (χ0v) is 9.35. The van der Waals surface area contributed by atoms with Crippen molar-refractivity contribution in [1.82, 2.24) is 0 Å². The molecule has 1 aromatic carbocycles. The predicted molar refractivity (Wildman–Crippen MR) is 63.7 cm³/mol. The summed E-state index contributed by atoms with van der Waals surface area (Å²) >= 11 is -0.0605. The third kappa shape index (κ3) is 3.21. The summed E-state index contributed by atoms with van der Waals surface area (Å²) in [6.45, 7) is 2.51. The van der Waals surface area contributed by atoms with Crippen LogP contribution in [0.4, 0.5) is 9.57 Å². The summed E-state index contributed by atoms with van der Waals surface area (Å²) in [7, 11) is 0. The highest BCUT2D eigenvalue weighted by molar-refractivity contribution is 8.09. The number of rotatable bonds is 3. The summed E-state index contributed by atoms with van der Waals surface area (Å²) in [5, 5.41) is -0.0952. The Labute approximate surface area is 93.1 Å². The number of hydrogen-bond acceptors (Lipinski definition) is 3. The molecule has 0 unspecified atom stereocenters. The Balaban J connectivity index is 3.03. The second kappa shape index (κ2) is 5.72. The number of nitrogens with two attached hydrogens (primary N) is 2. The van der Waals surface area contributed by atoms with Crippen LogP contribution in [0.1, 0.15) is 18.1 Å². The van der Waals surface area contributed by atoms with Crippen molar-refractivity contribution in [3.8, 4) is 0 Å². The van der Waals surface area contributed by atoms with Gasteiger partial charge in [0.15, 0.2) is 5.17 Å². The Morgan fingerprint density at radius 1 is 1.47 bits per heavy atom. The van der Waals surface area contributed by atoms with Crippen LogP contribution in [0.25, 0.3) is 0 Å². The van der Waals surface area contributed by atoms with E-state index in [2.05, 4.69) is 11.9 Å². The van der Waals surface area contributed by atoms with E-state index < -0.39 is 0 Å². The number of aryl methyl sites for hydroxylation is 1. The maximum Gasteiger partial charge on any atom is 0.192 e. The van der Waals surface area contributed by atoms with E-state index in [0.29, 0.717) is 12.2 Å². The molecule has 0 spiro atoms. The minimum Gasteiger partial charge on any atom is -0.376 e. The SMILES string of the molecule is CCc1ccc(N=C(N)SF)cc1CN. The zero-order valence-electron chi connectivity index (χ0n) is 8.53. The number of amidine groups is 1. The highest BCUT2D eigenvalue weighted by Crippen LogP contribution is 2.20. The molecule has 0 radical (unpaired) electrons. The Morgan fingerprint density at radius 3 is 2.73 bits per heavy atom. The smallest absolute Gasteiger partial charge is 0.192 e. The molecule has 1 rings (SSSR count). The van der Waals surface area contributed by atoms with Gasteiger partial charge in [0.05, 0.1) is 5.69 Å². The van der Waals surface area contributed by atoms with Crippen LogP contribution in [0.5, 0.6) is 0 Å². The molecule has 15 heavy (non-hydrogen) atoms. The zero-order chi connectivity index (χ0) is 11.3. The average Bonchev–Trinajstić information content (AvgIpc) is 2.28. The van der Waals surface area contributed by atoms with Crippen molar-refractivity contribution in [3.05, 3.63) is 29.3 Å². The van der Waals surface area contributed by atoms with Crippen LogP contribution in [-0.4, -0.2) is 5.17 Å². The number of hydrogen-bond donors (Lipinski definition) is 2. The van der Waals surface area contributed by atoms with E-state index >= 15 is 0 Å². The van der Waals surface area contributed by atoms with Gasteiger partial charge in [-0.15, -0.1) is 0 Å². The molecule has 0 saturated carbocycles. The first-order chi connectivity index (χ1) is 7.21. The predicted octanol–water partition coefficient (Wildman–Crippen LogP) is 2.27. The summed E-state index contributed by atoms with van der Waals surface area (Å²) < 4.78 is 12.0. The molecule has 0 bridgehead atoms. The Hall–Kier alpha value is -1.07. The standard InChI is InChI=1S/C10H14FN3S/c1-2-7-3-4-9(5-8(7)6-12)14-10(13)15-11/h3-5H,2,6,12H2,1H3,(H2,13,14). The van der Waals surface area contributed by atoms with Crippen LogP contribution in [0.2, 0.25) is 0 Å². The number of nitrogens with zero attached hydrogens (tertiary/aromatic N) is 1. The normalized spacial score (nSPS) is 11.8. The van der Waals surface area contributed by atoms with Gasteiger partial charge in [-0.25, -0.2) is 4.99 Å². The maximum atomic E-state index is 12.0. The lowest BCUT2D eigenvalue weighted by Crippen LogP contribution is -2.04. The Kier molecular flexibility index (Phi) is 4.58. The fourth-order valence-corrected chi connectivity index (χ4v) is 1.50. The van der Waals surface area contributed by atoms with Gasteiger partial charge in [0.1, 0.15) is 12.1 Å². The van der Waals surface area contributed by atoms with E-state index in [4.69, 9.17) is 11.5 Å². The molecule has 0 aliphatic rings. The average molecular weight is 227 g/mol. The van der Waals surface area contributed by atoms with Crippen LogP contribution < -0.4 is 11.5 Å². The van der Waals surface area contributed by atoms with Gasteiger partial charge >= 0.3 is 0 Å². The number of halogens is 1. The van der Waals surface area contributed by atoms with Crippen molar-refractivity contribution in [2.75, 3.05) is 0 Å². The molecule has 0 aliphatic heterocycles. The van der Waals surface area contributed by atoms with Crippen molar-refractivity contribution in [3.63, 3.8) is 0 Å². The molecular formula is C10H14FN3S. The Bertz CT molecular complexity index is 366. The van der Waals surface area contributed by atoms with Crippen LogP contribution in [0.15, 0.2) is 23.2 Å². The monoisotopic (exact) mass is 227 g/mol. The fourth-order valence-electron chi connectivity index (χ4n) is 1.36. The van der Waals surface area contributed by atoms with E-state index in [9.17, 15) is 3.89 Å². The second-order valence-corrected chi connectivity index (χ2v) is 3.61. The van der Waals surface area contributed by atoms with Gasteiger partial charge in [-0.3, -0.25) is 0 Å². The van der Waals surface area contributed by atoms with Gasteiger partial charge in [-0.1, -0.05) is 13.0 Å². The van der Waals surface area contributed by atoms with E-state index in [0.717, 1.165) is 12.0 Å². The van der Waals surface area contributed by atoms with E-state index in [1.165, 1.54) is 5.56 Å². The highest BCUT2D eigenvalue weighted by atomic mass is 32.2. The van der Waals surface area contributed by atoms with Gasteiger partial charge in [-0.2, -0.15) is 3.89 Å².